The molecule has 0 atom stereocenters. The van der Waals surface area contributed by atoms with Crippen LogP contribution in [0.3, 0.4) is 0 Å². The molecule has 0 aliphatic carbocycles. The summed E-state index contributed by atoms with van der Waals surface area (Å²) in [4.78, 5) is 0. The van der Waals surface area contributed by atoms with Crippen LogP contribution in [-0.4, -0.2) is 0 Å². The molecule has 0 amide bonds. The number of nitrogens with one attached hydrogen (secondary N) is 1. The Morgan fingerprint density at radius 3 is 2.56 bits per heavy atom. The largest absolute Gasteiger partial charge is 0.397 e. The van der Waals surface area contributed by atoms with E-state index in [9.17, 15) is 0 Å². The zero-order chi connectivity index (χ0) is 13.1. The van der Waals surface area contributed by atoms with Gasteiger partial charge < -0.3 is 11.1 Å². The van der Waals surface area contributed by atoms with Crippen LogP contribution in [0.25, 0.3) is 0 Å². The summed E-state index contributed by atoms with van der Waals surface area (Å²) >= 11 is 0. The number of hydrogen-bond acceptors (Lipinski definition) is 3. The van der Waals surface area contributed by atoms with Crippen LogP contribution in [0.4, 0.5) is 17.1 Å². The van der Waals surface area contributed by atoms with E-state index in [2.05, 4.69) is 11.4 Å². The average Bonchev–Trinajstić information content (AvgIpc) is 2.33. The maximum absolute atomic E-state index is 9.17. The predicted octanol–water partition coefficient (Wildman–Crippen LogP) is 3.50. The third-order valence-corrected chi connectivity index (χ3v) is 2.86. The SMILES string of the molecule is Cc1ccc(Nc2cccc(C)c2C#N)c(N)c1. The zero-order valence-electron chi connectivity index (χ0n) is 10.5. The van der Waals surface area contributed by atoms with Gasteiger partial charge in [-0.2, -0.15) is 5.26 Å². The maximum Gasteiger partial charge on any atom is 0.102 e. The number of benzene rings is 2. The second-order valence-corrected chi connectivity index (χ2v) is 4.32. The van der Waals surface area contributed by atoms with Crippen molar-refractivity contribution < 1.29 is 0 Å². The monoisotopic (exact) mass is 237 g/mol. The second-order valence-electron chi connectivity index (χ2n) is 4.32. The molecule has 3 heteroatoms. The molecular formula is C15H15N3. The molecule has 3 nitrogen and oxygen atoms in total. The van der Waals surface area contributed by atoms with Crippen molar-refractivity contribution in [3.63, 3.8) is 0 Å². The third-order valence-electron chi connectivity index (χ3n) is 2.86. The molecule has 0 aliphatic heterocycles. The molecule has 2 aromatic carbocycles. The lowest BCUT2D eigenvalue weighted by Crippen LogP contribution is -1.99. The Kier molecular flexibility index (Phi) is 3.20. The molecular weight excluding hydrogens is 222 g/mol. The van der Waals surface area contributed by atoms with Gasteiger partial charge in [0.1, 0.15) is 6.07 Å². The first kappa shape index (κ1) is 12.0. The topological polar surface area (TPSA) is 61.8 Å². The molecule has 0 saturated heterocycles. The lowest BCUT2D eigenvalue weighted by Gasteiger charge is -2.12. The van der Waals surface area contributed by atoms with Crippen molar-refractivity contribution in [2.75, 3.05) is 11.1 Å². The van der Waals surface area contributed by atoms with Gasteiger partial charge in [0.2, 0.25) is 0 Å². The molecule has 0 bridgehead atoms. The molecule has 0 unspecified atom stereocenters. The molecule has 0 aromatic heterocycles. The molecule has 3 N–H and O–H groups in total. The van der Waals surface area contributed by atoms with Crippen molar-refractivity contribution in [2.24, 2.45) is 0 Å². The highest BCUT2D eigenvalue weighted by Crippen LogP contribution is 2.27. The van der Waals surface area contributed by atoms with Crippen molar-refractivity contribution in [3.8, 4) is 6.07 Å². The quantitative estimate of drug-likeness (QED) is 0.786. The molecule has 0 heterocycles. The van der Waals surface area contributed by atoms with Gasteiger partial charge in [-0.1, -0.05) is 18.2 Å². The summed E-state index contributed by atoms with van der Waals surface area (Å²) in [6.07, 6.45) is 0. The van der Waals surface area contributed by atoms with Crippen molar-refractivity contribution in [3.05, 3.63) is 53.1 Å². The van der Waals surface area contributed by atoms with E-state index in [1.165, 1.54) is 0 Å². The molecule has 0 fully saturated rings. The highest BCUT2D eigenvalue weighted by molar-refractivity contribution is 5.76. The lowest BCUT2D eigenvalue weighted by molar-refractivity contribution is 1.38. The van der Waals surface area contributed by atoms with Gasteiger partial charge >= 0.3 is 0 Å². The minimum atomic E-state index is 0.650. The predicted molar refractivity (Wildman–Crippen MR) is 74.8 cm³/mol. The van der Waals surface area contributed by atoms with Gasteiger partial charge in [-0.25, -0.2) is 0 Å². The summed E-state index contributed by atoms with van der Waals surface area (Å²) in [6, 6.07) is 13.7. The fraction of sp³-hybridized carbons (Fsp3) is 0.133. The van der Waals surface area contributed by atoms with Crippen LogP contribution in [0, 0.1) is 25.2 Å². The highest BCUT2D eigenvalue weighted by atomic mass is 14.9. The Labute approximate surface area is 107 Å². The van der Waals surface area contributed by atoms with E-state index < -0.39 is 0 Å². The van der Waals surface area contributed by atoms with E-state index in [-0.39, 0.29) is 0 Å². The number of hydrogen-bond donors (Lipinski definition) is 2. The number of nitrogen functional groups attached to an aromatic ring is 1. The van der Waals surface area contributed by atoms with E-state index in [0.29, 0.717) is 11.3 Å². The average molecular weight is 237 g/mol. The van der Waals surface area contributed by atoms with E-state index >= 15 is 0 Å². The molecule has 90 valence electrons. The number of nitrogens with zero attached hydrogens (tertiary/aromatic N) is 1. The first-order chi connectivity index (χ1) is 8.61. The highest BCUT2D eigenvalue weighted by Gasteiger charge is 2.06. The fourth-order valence-electron chi connectivity index (χ4n) is 1.86. The first-order valence-electron chi connectivity index (χ1n) is 5.74. The van der Waals surface area contributed by atoms with Gasteiger partial charge in [0.05, 0.1) is 22.6 Å². The Morgan fingerprint density at radius 2 is 1.89 bits per heavy atom. The van der Waals surface area contributed by atoms with Gasteiger partial charge in [-0.15, -0.1) is 0 Å². The number of nitrogens with two attached hydrogens (primary N) is 1. The minimum absolute atomic E-state index is 0.650. The smallest absolute Gasteiger partial charge is 0.102 e. The zero-order valence-corrected chi connectivity index (χ0v) is 10.5. The van der Waals surface area contributed by atoms with E-state index in [1.54, 1.807) is 0 Å². The van der Waals surface area contributed by atoms with E-state index in [4.69, 9.17) is 11.0 Å². The summed E-state index contributed by atoms with van der Waals surface area (Å²) in [5, 5.41) is 12.4. The van der Waals surface area contributed by atoms with Crippen molar-refractivity contribution >= 4 is 17.1 Å². The van der Waals surface area contributed by atoms with Crippen LogP contribution in [0.2, 0.25) is 0 Å². The van der Waals surface area contributed by atoms with Crippen molar-refractivity contribution in [1.29, 1.82) is 5.26 Å². The summed E-state index contributed by atoms with van der Waals surface area (Å²) < 4.78 is 0. The molecule has 0 radical (unpaired) electrons. The molecule has 18 heavy (non-hydrogen) atoms. The van der Waals surface area contributed by atoms with Crippen LogP contribution in [0.1, 0.15) is 16.7 Å². The first-order valence-corrected chi connectivity index (χ1v) is 5.74. The molecule has 0 saturated carbocycles. The van der Waals surface area contributed by atoms with Crippen LogP contribution >= 0.6 is 0 Å². The van der Waals surface area contributed by atoms with Crippen molar-refractivity contribution in [1.82, 2.24) is 0 Å². The van der Waals surface area contributed by atoms with E-state index in [1.807, 2.05) is 50.2 Å². The number of aryl methyl sites for hydroxylation is 2. The van der Waals surface area contributed by atoms with Gasteiger partial charge in [0.25, 0.3) is 0 Å². The molecule has 2 aromatic rings. The molecule has 0 spiro atoms. The van der Waals surface area contributed by atoms with Gasteiger partial charge in [-0.05, 0) is 43.2 Å². The Morgan fingerprint density at radius 1 is 1.11 bits per heavy atom. The van der Waals surface area contributed by atoms with Crippen LogP contribution < -0.4 is 11.1 Å². The van der Waals surface area contributed by atoms with Crippen molar-refractivity contribution in [2.45, 2.75) is 13.8 Å². The lowest BCUT2D eigenvalue weighted by atomic mass is 10.1. The summed E-state index contributed by atoms with van der Waals surface area (Å²) in [6.45, 7) is 3.91. The van der Waals surface area contributed by atoms with Crippen LogP contribution in [0.5, 0.6) is 0 Å². The summed E-state index contributed by atoms with van der Waals surface area (Å²) in [5.74, 6) is 0. The number of nitriles is 1. The summed E-state index contributed by atoms with van der Waals surface area (Å²) in [5.41, 5.74) is 11.0. The van der Waals surface area contributed by atoms with E-state index in [0.717, 1.165) is 22.5 Å². The van der Waals surface area contributed by atoms with Gasteiger partial charge in [-0.3, -0.25) is 0 Å². The number of rotatable bonds is 2. The molecule has 2 rings (SSSR count). The minimum Gasteiger partial charge on any atom is -0.397 e. The Bertz CT molecular complexity index is 624. The second kappa shape index (κ2) is 4.80. The molecule has 0 aliphatic rings. The normalized spacial score (nSPS) is 9.83. The Balaban J connectivity index is 2.41. The fourth-order valence-corrected chi connectivity index (χ4v) is 1.86. The Hall–Kier alpha value is -2.47. The van der Waals surface area contributed by atoms with Gasteiger partial charge in [0, 0.05) is 0 Å². The maximum atomic E-state index is 9.17. The number of anilines is 3. The third kappa shape index (κ3) is 2.28. The standard InChI is InChI=1S/C15H15N3/c1-10-6-7-15(13(17)8-10)18-14-5-3-4-11(2)12(14)9-16/h3-8,18H,17H2,1-2H3. The van der Waals surface area contributed by atoms with Crippen LogP contribution in [-0.2, 0) is 0 Å². The summed E-state index contributed by atoms with van der Waals surface area (Å²) in [7, 11) is 0. The van der Waals surface area contributed by atoms with Gasteiger partial charge in [0.15, 0.2) is 0 Å². The van der Waals surface area contributed by atoms with Crippen LogP contribution in [0.15, 0.2) is 36.4 Å².